The van der Waals surface area contributed by atoms with Gasteiger partial charge in [0.1, 0.15) is 5.75 Å². The molecule has 118 valence electrons. The summed E-state index contributed by atoms with van der Waals surface area (Å²) in [7, 11) is 1.54. The molecule has 0 saturated carbocycles. The van der Waals surface area contributed by atoms with E-state index in [9.17, 15) is 4.79 Å². The van der Waals surface area contributed by atoms with Crippen molar-refractivity contribution in [2.75, 3.05) is 12.4 Å². The van der Waals surface area contributed by atoms with E-state index < -0.39 is 6.10 Å². The molecule has 0 radical (unpaired) electrons. The van der Waals surface area contributed by atoms with E-state index in [1.54, 1.807) is 18.2 Å². The predicted octanol–water partition coefficient (Wildman–Crippen LogP) is 3.48. The summed E-state index contributed by atoms with van der Waals surface area (Å²) in [6, 6.07) is 14.7. The third-order valence-corrected chi connectivity index (χ3v) is 3.78. The first-order chi connectivity index (χ1) is 11.2. The van der Waals surface area contributed by atoms with Gasteiger partial charge in [0.15, 0.2) is 0 Å². The molecule has 0 saturated heterocycles. The standard InChI is InChI=1S/C17H15ClN2O3/c1-22-15-8-7-12(9-13(15)18)19-17(21)16-10-14(20-23-16)11-5-3-2-4-6-11/h2-9,16H,10H2,1H3,(H,19,21). The Morgan fingerprint density at radius 3 is 2.78 bits per heavy atom. The highest BCUT2D eigenvalue weighted by Gasteiger charge is 2.28. The van der Waals surface area contributed by atoms with Crippen molar-refractivity contribution in [1.82, 2.24) is 0 Å². The van der Waals surface area contributed by atoms with Crippen molar-refractivity contribution in [3.05, 3.63) is 59.1 Å². The van der Waals surface area contributed by atoms with Crippen LogP contribution in [-0.4, -0.2) is 24.8 Å². The zero-order chi connectivity index (χ0) is 16.2. The molecule has 2 aromatic carbocycles. The molecule has 3 rings (SSSR count). The SMILES string of the molecule is COc1ccc(NC(=O)C2CC(c3ccccc3)=NO2)cc1Cl. The van der Waals surface area contributed by atoms with Gasteiger partial charge in [0.05, 0.1) is 17.8 Å². The zero-order valence-electron chi connectivity index (χ0n) is 12.5. The fraction of sp³-hybridized carbons (Fsp3) is 0.176. The van der Waals surface area contributed by atoms with Crippen molar-refractivity contribution in [2.45, 2.75) is 12.5 Å². The number of carbonyl (C=O) groups is 1. The Balaban J connectivity index is 1.63. The van der Waals surface area contributed by atoms with Crippen LogP contribution in [0.25, 0.3) is 0 Å². The maximum atomic E-state index is 12.3. The van der Waals surface area contributed by atoms with Crippen LogP contribution in [0.3, 0.4) is 0 Å². The van der Waals surface area contributed by atoms with Crippen molar-refractivity contribution in [1.29, 1.82) is 0 Å². The lowest BCUT2D eigenvalue weighted by molar-refractivity contribution is -0.125. The lowest BCUT2D eigenvalue weighted by atomic mass is 10.0. The molecule has 1 N–H and O–H groups in total. The predicted molar refractivity (Wildman–Crippen MR) is 89.1 cm³/mol. The maximum Gasteiger partial charge on any atom is 0.268 e. The van der Waals surface area contributed by atoms with Gasteiger partial charge < -0.3 is 14.9 Å². The lowest BCUT2D eigenvalue weighted by Gasteiger charge is -2.11. The number of oxime groups is 1. The minimum Gasteiger partial charge on any atom is -0.495 e. The first-order valence-corrected chi connectivity index (χ1v) is 7.47. The number of rotatable bonds is 4. The van der Waals surface area contributed by atoms with E-state index in [0.717, 1.165) is 11.3 Å². The highest BCUT2D eigenvalue weighted by molar-refractivity contribution is 6.32. The van der Waals surface area contributed by atoms with Gasteiger partial charge in [0.2, 0.25) is 6.10 Å². The van der Waals surface area contributed by atoms with Crippen molar-refractivity contribution in [3.63, 3.8) is 0 Å². The van der Waals surface area contributed by atoms with E-state index in [-0.39, 0.29) is 5.91 Å². The topological polar surface area (TPSA) is 59.9 Å². The Morgan fingerprint density at radius 1 is 1.30 bits per heavy atom. The number of nitrogens with zero attached hydrogens (tertiary/aromatic N) is 1. The molecule has 0 aliphatic carbocycles. The van der Waals surface area contributed by atoms with E-state index in [1.807, 2.05) is 30.3 Å². The number of amides is 1. The number of carbonyl (C=O) groups excluding carboxylic acids is 1. The molecule has 2 aromatic rings. The van der Waals surface area contributed by atoms with Gasteiger partial charge >= 0.3 is 0 Å². The van der Waals surface area contributed by atoms with Crippen LogP contribution in [-0.2, 0) is 9.63 Å². The van der Waals surface area contributed by atoms with E-state index >= 15 is 0 Å². The summed E-state index contributed by atoms with van der Waals surface area (Å²) >= 11 is 6.05. The van der Waals surface area contributed by atoms with Crippen LogP contribution in [0.1, 0.15) is 12.0 Å². The van der Waals surface area contributed by atoms with E-state index in [4.69, 9.17) is 21.2 Å². The number of ether oxygens (including phenoxy) is 1. The maximum absolute atomic E-state index is 12.3. The average molecular weight is 331 g/mol. The third-order valence-electron chi connectivity index (χ3n) is 3.49. The van der Waals surface area contributed by atoms with Crippen molar-refractivity contribution < 1.29 is 14.4 Å². The molecule has 1 aliphatic rings. The van der Waals surface area contributed by atoms with Crippen molar-refractivity contribution in [3.8, 4) is 5.75 Å². The summed E-state index contributed by atoms with van der Waals surface area (Å²) in [5.74, 6) is 0.289. The van der Waals surface area contributed by atoms with Crippen LogP contribution in [0.4, 0.5) is 5.69 Å². The third kappa shape index (κ3) is 3.46. The molecule has 0 aromatic heterocycles. The highest BCUT2D eigenvalue weighted by atomic mass is 35.5. The van der Waals surface area contributed by atoms with Crippen LogP contribution >= 0.6 is 11.6 Å². The molecule has 6 heteroatoms. The second kappa shape index (κ2) is 6.71. The van der Waals surface area contributed by atoms with Gasteiger partial charge in [-0.3, -0.25) is 4.79 Å². The average Bonchev–Trinajstić information content (AvgIpc) is 3.06. The Kier molecular flexibility index (Phi) is 4.48. The Bertz CT molecular complexity index is 747. The molecule has 0 fully saturated rings. The molecule has 1 unspecified atom stereocenters. The number of anilines is 1. The molecule has 0 bridgehead atoms. The van der Waals surface area contributed by atoms with Crippen LogP contribution in [0.15, 0.2) is 53.7 Å². The molecule has 1 amide bonds. The zero-order valence-corrected chi connectivity index (χ0v) is 13.2. The number of benzene rings is 2. The normalized spacial score (nSPS) is 16.4. The van der Waals surface area contributed by atoms with Gasteiger partial charge in [-0.25, -0.2) is 0 Å². The first kappa shape index (κ1) is 15.4. The quantitative estimate of drug-likeness (QED) is 0.933. The smallest absolute Gasteiger partial charge is 0.268 e. The molecule has 23 heavy (non-hydrogen) atoms. The van der Waals surface area contributed by atoms with Crippen LogP contribution < -0.4 is 10.1 Å². The summed E-state index contributed by atoms with van der Waals surface area (Å²) < 4.78 is 5.08. The molecular formula is C17H15ClN2O3. The van der Waals surface area contributed by atoms with E-state index in [2.05, 4.69) is 10.5 Å². The van der Waals surface area contributed by atoms with Gasteiger partial charge in [-0.2, -0.15) is 0 Å². The van der Waals surface area contributed by atoms with Crippen LogP contribution in [0.5, 0.6) is 5.75 Å². The summed E-state index contributed by atoms with van der Waals surface area (Å²) in [5.41, 5.74) is 2.30. The number of halogens is 1. The van der Waals surface area contributed by atoms with Crippen LogP contribution in [0.2, 0.25) is 5.02 Å². The van der Waals surface area contributed by atoms with Crippen LogP contribution in [0, 0.1) is 0 Å². The van der Waals surface area contributed by atoms with E-state index in [1.165, 1.54) is 7.11 Å². The number of hydrogen-bond acceptors (Lipinski definition) is 4. The van der Waals surface area contributed by atoms with Gasteiger partial charge in [0, 0.05) is 12.1 Å². The molecule has 1 heterocycles. The number of nitrogens with one attached hydrogen (secondary N) is 1. The largest absolute Gasteiger partial charge is 0.495 e. The fourth-order valence-electron chi connectivity index (χ4n) is 2.29. The number of hydrogen-bond donors (Lipinski definition) is 1. The summed E-state index contributed by atoms with van der Waals surface area (Å²) in [6.07, 6.45) is -0.217. The Hall–Kier alpha value is -2.53. The molecule has 0 spiro atoms. The van der Waals surface area contributed by atoms with Crippen molar-refractivity contribution >= 4 is 28.9 Å². The molecule has 1 aliphatic heterocycles. The van der Waals surface area contributed by atoms with E-state index in [0.29, 0.717) is 22.9 Å². The second-order valence-electron chi connectivity index (χ2n) is 5.04. The molecular weight excluding hydrogens is 316 g/mol. The first-order valence-electron chi connectivity index (χ1n) is 7.10. The van der Waals surface area contributed by atoms with Gasteiger partial charge in [-0.05, 0) is 23.8 Å². The minimum absolute atomic E-state index is 0.263. The minimum atomic E-state index is -0.647. The Morgan fingerprint density at radius 2 is 2.09 bits per heavy atom. The highest BCUT2D eigenvalue weighted by Crippen LogP contribution is 2.27. The molecule has 5 nitrogen and oxygen atoms in total. The van der Waals surface area contributed by atoms with Gasteiger partial charge in [0.25, 0.3) is 5.91 Å². The fourth-order valence-corrected chi connectivity index (χ4v) is 2.54. The number of methoxy groups -OCH3 is 1. The van der Waals surface area contributed by atoms with Crippen molar-refractivity contribution in [2.24, 2.45) is 5.16 Å². The van der Waals surface area contributed by atoms with Gasteiger partial charge in [-0.15, -0.1) is 0 Å². The summed E-state index contributed by atoms with van der Waals surface area (Å²) in [4.78, 5) is 17.5. The molecule has 1 atom stereocenters. The monoisotopic (exact) mass is 330 g/mol. The lowest BCUT2D eigenvalue weighted by Crippen LogP contribution is -2.28. The summed E-state index contributed by atoms with van der Waals surface area (Å²) in [5, 5.41) is 7.21. The summed E-state index contributed by atoms with van der Waals surface area (Å²) in [6.45, 7) is 0. The van der Waals surface area contributed by atoms with Gasteiger partial charge in [-0.1, -0.05) is 47.1 Å². The Labute approximate surface area is 138 Å². The second-order valence-corrected chi connectivity index (χ2v) is 5.45.